The molecule has 0 unspecified atom stereocenters. The summed E-state index contributed by atoms with van der Waals surface area (Å²) in [6.45, 7) is 3.01. The molecule has 2 aromatic rings. The van der Waals surface area contributed by atoms with Crippen molar-refractivity contribution >= 4 is 24.0 Å². The third-order valence-electron chi connectivity index (χ3n) is 7.13. The first-order valence-electron chi connectivity index (χ1n) is 14.0. The molecule has 2 saturated carbocycles. The molecule has 1 aromatic carbocycles. The van der Waals surface area contributed by atoms with Crippen molar-refractivity contribution in [3.63, 3.8) is 0 Å². The number of hydrogen-bond acceptors (Lipinski definition) is 6. The van der Waals surface area contributed by atoms with Crippen LogP contribution in [0.2, 0.25) is 0 Å². The number of nitrogens with zero attached hydrogens (tertiary/aromatic N) is 1. The molecule has 248 valence electrons. The third kappa shape index (κ3) is 13.7. The third-order valence-corrected chi connectivity index (χ3v) is 7.13. The molecule has 5 N–H and O–H groups in total. The van der Waals surface area contributed by atoms with Gasteiger partial charge < -0.3 is 26.0 Å². The lowest BCUT2D eigenvalue weighted by molar-refractivity contribution is -0.193. The zero-order valence-corrected chi connectivity index (χ0v) is 24.2. The van der Waals surface area contributed by atoms with Crippen molar-refractivity contribution in [2.24, 2.45) is 5.92 Å². The van der Waals surface area contributed by atoms with E-state index < -0.39 is 30.3 Å². The summed E-state index contributed by atoms with van der Waals surface area (Å²) in [5.41, 5.74) is 4.01. The Kier molecular flexibility index (Phi) is 14.0. The number of carbonyl (C=O) groups is 3. The van der Waals surface area contributed by atoms with E-state index in [9.17, 15) is 31.1 Å². The predicted octanol–water partition coefficient (Wildman–Crippen LogP) is 5.92. The van der Waals surface area contributed by atoms with Gasteiger partial charge in [-0.1, -0.05) is 55.0 Å². The summed E-state index contributed by atoms with van der Waals surface area (Å²) in [5, 5.41) is 30.7. The van der Waals surface area contributed by atoms with E-state index in [0.29, 0.717) is 24.0 Å². The average molecular weight is 648 g/mol. The number of pyridine rings is 1. The number of halogens is 6. The van der Waals surface area contributed by atoms with Crippen LogP contribution in [0.15, 0.2) is 54.2 Å². The summed E-state index contributed by atoms with van der Waals surface area (Å²) in [4.78, 5) is 32.7. The fourth-order valence-electron chi connectivity index (χ4n) is 4.71. The molecule has 0 spiro atoms. The number of alkyl halides is 6. The largest absolute Gasteiger partial charge is 0.490 e. The van der Waals surface area contributed by atoms with Crippen LogP contribution in [0.3, 0.4) is 0 Å². The van der Waals surface area contributed by atoms with E-state index in [4.69, 9.17) is 24.9 Å². The van der Waals surface area contributed by atoms with Gasteiger partial charge in [-0.05, 0) is 61.6 Å². The van der Waals surface area contributed by atoms with Gasteiger partial charge in [-0.25, -0.2) is 19.4 Å². The Labute approximate surface area is 255 Å². The summed E-state index contributed by atoms with van der Waals surface area (Å²) in [6, 6.07) is 15.9. The fourth-order valence-corrected chi connectivity index (χ4v) is 4.71. The van der Waals surface area contributed by atoms with Crippen molar-refractivity contribution in [3.05, 3.63) is 71.1 Å². The van der Waals surface area contributed by atoms with Gasteiger partial charge in [-0.15, -0.1) is 0 Å². The van der Waals surface area contributed by atoms with E-state index in [1.807, 2.05) is 6.07 Å². The highest BCUT2D eigenvalue weighted by Gasteiger charge is 2.41. The summed E-state index contributed by atoms with van der Waals surface area (Å²) in [5.74, 6) is -5.80. The average Bonchev–Trinajstić information content (AvgIpc) is 3.74. The van der Waals surface area contributed by atoms with Gasteiger partial charge in [0.05, 0.1) is 0 Å². The Bertz CT molecular complexity index is 1250. The van der Waals surface area contributed by atoms with Gasteiger partial charge in [0.25, 0.3) is 0 Å². The molecule has 2 aliphatic rings. The first-order chi connectivity index (χ1) is 21.0. The van der Waals surface area contributed by atoms with E-state index in [1.54, 1.807) is 17.8 Å². The quantitative estimate of drug-likeness (QED) is 0.209. The SMILES string of the molecule is CC/C(=C\c1ccccc1)[C@@H]1C[C@H]1N[C@H]1CC[C@H](NCc2ccc(C(=O)O)nc2)CC1.O=C(O)C(F)(F)F.O=C(O)C(F)(F)F. The van der Waals surface area contributed by atoms with Gasteiger partial charge in [0.15, 0.2) is 0 Å². The number of hydrogen-bond donors (Lipinski definition) is 5. The van der Waals surface area contributed by atoms with Gasteiger partial charge >= 0.3 is 30.3 Å². The Morgan fingerprint density at radius 3 is 1.84 bits per heavy atom. The zero-order chi connectivity index (χ0) is 33.8. The molecule has 45 heavy (non-hydrogen) atoms. The van der Waals surface area contributed by atoms with E-state index in [-0.39, 0.29) is 5.69 Å². The molecule has 0 radical (unpaired) electrons. The Morgan fingerprint density at radius 2 is 1.40 bits per heavy atom. The van der Waals surface area contributed by atoms with Crippen molar-refractivity contribution in [2.75, 3.05) is 0 Å². The van der Waals surface area contributed by atoms with Crippen LogP contribution in [-0.2, 0) is 16.1 Å². The van der Waals surface area contributed by atoms with Crippen molar-refractivity contribution in [3.8, 4) is 0 Å². The van der Waals surface area contributed by atoms with Crippen LogP contribution in [0.1, 0.15) is 67.1 Å². The van der Waals surface area contributed by atoms with Crippen LogP contribution in [0.25, 0.3) is 6.08 Å². The van der Waals surface area contributed by atoms with Crippen molar-refractivity contribution in [1.82, 2.24) is 15.6 Å². The Hall–Kier alpha value is -3.98. The monoisotopic (exact) mass is 647 g/mol. The van der Waals surface area contributed by atoms with Gasteiger partial charge in [-0.2, -0.15) is 26.3 Å². The van der Waals surface area contributed by atoms with Crippen molar-refractivity contribution in [2.45, 2.75) is 82.5 Å². The second-order valence-corrected chi connectivity index (χ2v) is 10.5. The topological polar surface area (TPSA) is 149 Å². The maximum Gasteiger partial charge on any atom is 0.490 e. The maximum atomic E-state index is 10.9. The van der Waals surface area contributed by atoms with Gasteiger partial charge in [0, 0.05) is 30.9 Å². The molecule has 2 aliphatic carbocycles. The van der Waals surface area contributed by atoms with Gasteiger partial charge in [0.2, 0.25) is 0 Å². The standard InChI is InChI=1S/C26H33N3O2.2C2HF3O2/c1-2-20(14-18-6-4-3-5-7-18)23-15-25(23)29-22-11-9-21(10-12-22)27-16-19-8-13-24(26(30)31)28-17-19;2*3-2(4,5)1(6)7/h3-8,13-14,17,21-23,25,27,29H,2,9-12,15-16H2,1H3,(H,30,31);2*(H,6,7)/b20-14+;;/t21-,22-,23-,25+;;/m0../s1. The Balaban J connectivity index is 0.000000421. The summed E-state index contributed by atoms with van der Waals surface area (Å²) in [6.07, 6.45) is 1.03. The summed E-state index contributed by atoms with van der Waals surface area (Å²) in [7, 11) is 0. The summed E-state index contributed by atoms with van der Waals surface area (Å²) >= 11 is 0. The molecular formula is C30H35F6N3O6. The van der Waals surface area contributed by atoms with Crippen LogP contribution in [0.4, 0.5) is 26.3 Å². The lowest BCUT2D eigenvalue weighted by atomic mass is 9.91. The number of aromatic carboxylic acids is 1. The van der Waals surface area contributed by atoms with Crippen LogP contribution < -0.4 is 10.6 Å². The van der Waals surface area contributed by atoms with E-state index in [0.717, 1.165) is 18.5 Å². The second-order valence-electron chi connectivity index (χ2n) is 10.5. The number of benzene rings is 1. The number of nitrogens with one attached hydrogen (secondary N) is 2. The highest BCUT2D eigenvalue weighted by atomic mass is 19.4. The number of aromatic nitrogens is 1. The van der Waals surface area contributed by atoms with Crippen LogP contribution in [0, 0.1) is 5.92 Å². The first-order valence-corrected chi connectivity index (χ1v) is 14.0. The molecule has 2 fully saturated rings. The molecule has 0 aliphatic heterocycles. The molecule has 9 nitrogen and oxygen atoms in total. The van der Waals surface area contributed by atoms with Crippen LogP contribution >= 0.6 is 0 Å². The lowest BCUT2D eigenvalue weighted by Crippen LogP contribution is -2.40. The zero-order valence-electron chi connectivity index (χ0n) is 24.2. The molecule has 0 bridgehead atoms. The second kappa shape index (κ2) is 16.9. The van der Waals surface area contributed by atoms with Crippen molar-refractivity contribution < 1.29 is 56.0 Å². The van der Waals surface area contributed by atoms with E-state index in [1.165, 1.54) is 37.7 Å². The number of carboxylic acid groups (broad SMARTS) is 3. The molecule has 15 heteroatoms. The van der Waals surface area contributed by atoms with Crippen LogP contribution in [0.5, 0.6) is 0 Å². The molecule has 4 rings (SSSR count). The van der Waals surface area contributed by atoms with Crippen LogP contribution in [-0.4, -0.2) is 68.7 Å². The van der Waals surface area contributed by atoms with E-state index >= 15 is 0 Å². The highest BCUT2D eigenvalue weighted by Crippen LogP contribution is 2.40. The minimum absolute atomic E-state index is 0.0959. The summed E-state index contributed by atoms with van der Waals surface area (Å²) < 4.78 is 63.5. The highest BCUT2D eigenvalue weighted by molar-refractivity contribution is 5.85. The smallest absolute Gasteiger partial charge is 0.477 e. The minimum Gasteiger partial charge on any atom is -0.477 e. The first kappa shape index (κ1) is 37.2. The van der Waals surface area contributed by atoms with Crippen molar-refractivity contribution in [1.29, 1.82) is 0 Å². The molecule has 2 atom stereocenters. The molecule has 0 amide bonds. The molecule has 1 heterocycles. The molecule has 1 aromatic heterocycles. The van der Waals surface area contributed by atoms with Gasteiger partial charge in [0.1, 0.15) is 5.69 Å². The minimum atomic E-state index is -5.08. The number of carboxylic acids is 3. The lowest BCUT2D eigenvalue weighted by Gasteiger charge is -2.30. The maximum absolute atomic E-state index is 10.9. The number of rotatable bonds is 9. The fraction of sp³-hybridized carbons (Fsp3) is 0.467. The normalized spacial score (nSPS) is 21.4. The van der Waals surface area contributed by atoms with Gasteiger partial charge in [-0.3, -0.25) is 0 Å². The van der Waals surface area contributed by atoms with E-state index in [2.05, 4.69) is 58.9 Å². The molecule has 0 saturated heterocycles. The number of aliphatic carboxylic acids is 2. The predicted molar refractivity (Wildman–Crippen MR) is 151 cm³/mol. The Morgan fingerprint density at radius 1 is 0.867 bits per heavy atom. The molecular weight excluding hydrogens is 612 g/mol.